The Morgan fingerprint density at radius 2 is 1.94 bits per heavy atom. The maximum atomic E-state index is 11.8. The molecule has 1 atom stereocenters. The highest BCUT2D eigenvalue weighted by atomic mass is 16.7. The molecule has 1 heterocycles. The third-order valence-corrected chi connectivity index (χ3v) is 3.26. The molecule has 0 radical (unpaired) electrons. The van der Waals surface area contributed by atoms with Crippen molar-refractivity contribution in [2.45, 2.75) is 38.1 Å². The second kappa shape index (κ2) is 7.68. The van der Waals surface area contributed by atoms with Crippen LogP contribution in [0.3, 0.4) is 0 Å². The van der Waals surface area contributed by atoms with Crippen LogP contribution in [0.15, 0.2) is 0 Å². The lowest BCUT2D eigenvalue weighted by molar-refractivity contribution is -0.136. The maximum absolute atomic E-state index is 11.8. The van der Waals surface area contributed by atoms with Crippen LogP contribution in [-0.2, 0) is 14.3 Å². The summed E-state index contributed by atoms with van der Waals surface area (Å²) in [5, 5.41) is 2.88. The molecule has 0 spiro atoms. The highest BCUT2D eigenvalue weighted by molar-refractivity contribution is 5.78. The van der Waals surface area contributed by atoms with Crippen molar-refractivity contribution in [1.82, 2.24) is 10.2 Å². The molecule has 1 aliphatic heterocycles. The van der Waals surface area contributed by atoms with Crippen LogP contribution in [0.4, 0.5) is 0 Å². The van der Waals surface area contributed by atoms with Crippen molar-refractivity contribution in [2.75, 3.05) is 33.9 Å². The van der Waals surface area contributed by atoms with E-state index < -0.39 is 6.29 Å². The van der Waals surface area contributed by atoms with Crippen molar-refractivity contribution in [3.63, 3.8) is 0 Å². The fourth-order valence-electron chi connectivity index (χ4n) is 2.19. The van der Waals surface area contributed by atoms with Crippen molar-refractivity contribution in [3.8, 4) is 0 Å². The number of nitrogens with two attached hydrogens (primary N) is 1. The number of nitrogens with zero attached hydrogens (tertiary/aromatic N) is 1. The van der Waals surface area contributed by atoms with Gasteiger partial charge in [0.1, 0.15) is 0 Å². The standard InChI is InChI=1S/C12H25N3O3/c1-9(12(17-2)18-3)14-11(16)8-15-6-4-10(13)5-7-15/h9-10,12H,4-8,13H2,1-3H3,(H,14,16). The van der Waals surface area contributed by atoms with Gasteiger partial charge in [0, 0.05) is 33.4 Å². The molecule has 1 saturated heterocycles. The molecule has 6 heteroatoms. The third kappa shape index (κ3) is 4.89. The summed E-state index contributed by atoms with van der Waals surface area (Å²) < 4.78 is 10.2. The number of nitrogens with one attached hydrogen (secondary N) is 1. The van der Waals surface area contributed by atoms with Gasteiger partial charge in [-0.25, -0.2) is 0 Å². The van der Waals surface area contributed by atoms with Crippen LogP contribution in [0.1, 0.15) is 19.8 Å². The van der Waals surface area contributed by atoms with Gasteiger partial charge in [-0.15, -0.1) is 0 Å². The molecule has 3 N–H and O–H groups in total. The van der Waals surface area contributed by atoms with E-state index in [1.807, 2.05) is 6.92 Å². The lowest BCUT2D eigenvalue weighted by atomic mass is 10.1. The fourth-order valence-corrected chi connectivity index (χ4v) is 2.19. The Bertz CT molecular complexity index is 251. The van der Waals surface area contributed by atoms with Gasteiger partial charge in [-0.1, -0.05) is 0 Å². The van der Waals surface area contributed by atoms with Gasteiger partial charge in [0.2, 0.25) is 5.91 Å². The number of amides is 1. The molecule has 0 aromatic heterocycles. The van der Waals surface area contributed by atoms with E-state index in [2.05, 4.69) is 10.2 Å². The Balaban J connectivity index is 2.28. The lowest BCUT2D eigenvalue weighted by Gasteiger charge is -2.30. The van der Waals surface area contributed by atoms with E-state index >= 15 is 0 Å². The predicted octanol–water partition coefficient (Wildman–Crippen LogP) is -0.467. The average Bonchev–Trinajstić information content (AvgIpc) is 2.33. The van der Waals surface area contributed by atoms with Crippen LogP contribution in [0.5, 0.6) is 0 Å². The molecule has 0 bridgehead atoms. The van der Waals surface area contributed by atoms with Gasteiger partial charge in [0.15, 0.2) is 6.29 Å². The van der Waals surface area contributed by atoms with E-state index in [9.17, 15) is 4.79 Å². The van der Waals surface area contributed by atoms with E-state index in [1.165, 1.54) is 0 Å². The minimum atomic E-state index is -0.413. The number of methoxy groups -OCH3 is 2. The van der Waals surface area contributed by atoms with Crippen molar-refractivity contribution < 1.29 is 14.3 Å². The number of hydrogen-bond donors (Lipinski definition) is 2. The molecule has 0 aromatic carbocycles. The SMILES string of the molecule is COC(OC)C(C)NC(=O)CN1CCC(N)CC1. The minimum absolute atomic E-state index is 0.00271. The van der Waals surface area contributed by atoms with E-state index in [0.29, 0.717) is 6.54 Å². The summed E-state index contributed by atoms with van der Waals surface area (Å²) in [6.07, 6.45) is 1.51. The second-order valence-electron chi connectivity index (χ2n) is 4.81. The summed E-state index contributed by atoms with van der Waals surface area (Å²) in [5.74, 6) is -0.00271. The van der Waals surface area contributed by atoms with E-state index in [0.717, 1.165) is 25.9 Å². The van der Waals surface area contributed by atoms with Crippen LogP contribution in [-0.4, -0.2) is 63.0 Å². The Morgan fingerprint density at radius 1 is 1.39 bits per heavy atom. The van der Waals surface area contributed by atoms with Crippen molar-refractivity contribution in [1.29, 1.82) is 0 Å². The lowest BCUT2D eigenvalue weighted by Crippen LogP contribution is -2.49. The molecule has 106 valence electrons. The molecule has 0 aliphatic carbocycles. The summed E-state index contributed by atoms with van der Waals surface area (Å²) >= 11 is 0. The molecule has 1 unspecified atom stereocenters. The molecular formula is C12H25N3O3. The highest BCUT2D eigenvalue weighted by Gasteiger charge is 2.21. The van der Waals surface area contributed by atoms with Crippen molar-refractivity contribution in [3.05, 3.63) is 0 Å². The predicted molar refractivity (Wildman–Crippen MR) is 69.1 cm³/mol. The van der Waals surface area contributed by atoms with Gasteiger partial charge < -0.3 is 20.5 Å². The zero-order valence-electron chi connectivity index (χ0n) is 11.5. The molecule has 1 rings (SSSR count). The van der Waals surface area contributed by atoms with E-state index in [-0.39, 0.29) is 18.0 Å². The zero-order valence-corrected chi connectivity index (χ0v) is 11.5. The molecule has 0 aromatic rings. The van der Waals surface area contributed by atoms with Gasteiger partial charge in [-0.3, -0.25) is 9.69 Å². The first-order valence-electron chi connectivity index (χ1n) is 6.39. The van der Waals surface area contributed by atoms with Crippen molar-refractivity contribution >= 4 is 5.91 Å². The van der Waals surface area contributed by atoms with E-state index in [1.54, 1.807) is 14.2 Å². The Morgan fingerprint density at radius 3 is 2.44 bits per heavy atom. The summed E-state index contributed by atoms with van der Waals surface area (Å²) in [6.45, 7) is 4.06. The Hall–Kier alpha value is -0.690. The number of carbonyl (C=O) groups excluding carboxylic acids is 1. The maximum Gasteiger partial charge on any atom is 0.234 e. The summed E-state index contributed by atoms with van der Waals surface area (Å²) in [5.41, 5.74) is 5.82. The minimum Gasteiger partial charge on any atom is -0.354 e. The molecule has 18 heavy (non-hydrogen) atoms. The molecular weight excluding hydrogens is 234 g/mol. The van der Waals surface area contributed by atoms with Gasteiger partial charge >= 0.3 is 0 Å². The van der Waals surface area contributed by atoms with Crippen LogP contribution >= 0.6 is 0 Å². The second-order valence-corrected chi connectivity index (χ2v) is 4.81. The first kappa shape index (κ1) is 15.4. The quantitative estimate of drug-likeness (QED) is 0.631. The van der Waals surface area contributed by atoms with Crippen LogP contribution in [0, 0.1) is 0 Å². The third-order valence-electron chi connectivity index (χ3n) is 3.26. The number of rotatable bonds is 6. The summed E-state index contributed by atoms with van der Waals surface area (Å²) in [4.78, 5) is 14.0. The number of piperidine rings is 1. The normalized spacial score (nSPS) is 20.1. The Labute approximate surface area is 109 Å². The topological polar surface area (TPSA) is 76.8 Å². The van der Waals surface area contributed by atoms with Crippen LogP contribution in [0.25, 0.3) is 0 Å². The molecule has 0 saturated carbocycles. The molecule has 1 fully saturated rings. The smallest absolute Gasteiger partial charge is 0.234 e. The number of hydrogen-bond acceptors (Lipinski definition) is 5. The van der Waals surface area contributed by atoms with Crippen molar-refractivity contribution in [2.24, 2.45) is 5.73 Å². The highest BCUT2D eigenvalue weighted by Crippen LogP contribution is 2.07. The van der Waals surface area contributed by atoms with Gasteiger partial charge in [0.25, 0.3) is 0 Å². The summed E-state index contributed by atoms with van der Waals surface area (Å²) in [7, 11) is 3.12. The molecule has 1 aliphatic rings. The van der Waals surface area contributed by atoms with Gasteiger partial charge in [-0.05, 0) is 19.8 Å². The summed E-state index contributed by atoms with van der Waals surface area (Å²) in [6, 6.07) is 0.120. The number of carbonyl (C=O) groups is 1. The molecule has 1 amide bonds. The fraction of sp³-hybridized carbons (Fsp3) is 0.917. The monoisotopic (exact) mass is 259 g/mol. The van der Waals surface area contributed by atoms with Gasteiger partial charge in [-0.2, -0.15) is 0 Å². The van der Waals surface area contributed by atoms with Crippen LogP contribution in [0.2, 0.25) is 0 Å². The average molecular weight is 259 g/mol. The Kier molecular flexibility index (Phi) is 6.56. The zero-order chi connectivity index (χ0) is 13.5. The molecule has 6 nitrogen and oxygen atoms in total. The number of ether oxygens (including phenoxy) is 2. The van der Waals surface area contributed by atoms with Crippen LogP contribution < -0.4 is 11.1 Å². The first-order chi connectivity index (χ1) is 8.56. The van der Waals surface area contributed by atoms with Gasteiger partial charge in [0.05, 0.1) is 12.6 Å². The first-order valence-corrected chi connectivity index (χ1v) is 6.39. The largest absolute Gasteiger partial charge is 0.354 e. The van der Waals surface area contributed by atoms with E-state index in [4.69, 9.17) is 15.2 Å². The number of likely N-dealkylation sites (tertiary alicyclic amines) is 1.